The molecule has 0 heterocycles. The number of amides is 1. The van der Waals surface area contributed by atoms with Crippen LogP contribution in [-0.2, 0) is 0 Å². The summed E-state index contributed by atoms with van der Waals surface area (Å²) in [4.78, 5) is 13.9. The molecule has 18 heavy (non-hydrogen) atoms. The Labute approximate surface area is 108 Å². The fourth-order valence-corrected chi connectivity index (χ4v) is 1.64. The first-order valence-corrected chi connectivity index (χ1v) is 5.76. The maximum absolute atomic E-state index is 12.3. The highest BCUT2D eigenvalue weighted by Crippen LogP contribution is 2.31. The Morgan fingerprint density at radius 3 is 2.61 bits per heavy atom. The Bertz CT molecular complexity index is 407. The van der Waals surface area contributed by atoms with Gasteiger partial charge in [0.25, 0.3) is 5.91 Å². The first-order chi connectivity index (χ1) is 8.65. The fraction of sp³-hybridized carbons (Fsp3) is 0.462. The minimum atomic E-state index is -0.0824. The summed E-state index contributed by atoms with van der Waals surface area (Å²) in [6, 6.07) is 5.28. The number of likely N-dealkylation sites (N-methyl/N-ethyl adjacent to an activating group) is 2. The number of hydrogen-bond donors (Lipinski definition) is 1. The van der Waals surface area contributed by atoms with Gasteiger partial charge in [0, 0.05) is 20.1 Å². The van der Waals surface area contributed by atoms with E-state index in [0.717, 1.165) is 6.54 Å². The molecule has 0 aliphatic carbocycles. The van der Waals surface area contributed by atoms with E-state index in [9.17, 15) is 4.79 Å². The van der Waals surface area contributed by atoms with Crippen molar-refractivity contribution in [2.45, 2.75) is 0 Å². The molecule has 0 atom stereocenters. The zero-order valence-electron chi connectivity index (χ0n) is 11.3. The second-order valence-corrected chi connectivity index (χ2v) is 3.87. The van der Waals surface area contributed by atoms with Crippen LogP contribution in [0.2, 0.25) is 0 Å². The lowest BCUT2D eigenvalue weighted by Crippen LogP contribution is -2.33. The van der Waals surface area contributed by atoms with Crippen molar-refractivity contribution < 1.29 is 14.3 Å². The SMILES string of the molecule is CNCCN(C)C(=O)c1cccc(OC)c1OC. The summed E-state index contributed by atoms with van der Waals surface area (Å²) in [6.45, 7) is 1.38. The lowest BCUT2D eigenvalue weighted by Gasteiger charge is -2.19. The van der Waals surface area contributed by atoms with Gasteiger partial charge in [-0.3, -0.25) is 4.79 Å². The number of benzene rings is 1. The van der Waals surface area contributed by atoms with Crippen LogP contribution in [0.25, 0.3) is 0 Å². The van der Waals surface area contributed by atoms with Crippen LogP contribution in [0.15, 0.2) is 18.2 Å². The van der Waals surface area contributed by atoms with Gasteiger partial charge < -0.3 is 19.7 Å². The number of carbonyl (C=O) groups excluding carboxylic acids is 1. The largest absolute Gasteiger partial charge is 0.493 e. The van der Waals surface area contributed by atoms with Crippen molar-refractivity contribution >= 4 is 5.91 Å². The van der Waals surface area contributed by atoms with Gasteiger partial charge in [-0.15, -0.1) is 0 Å². The van der Waals surface area contributed by atoms with Crippen LogP contribution in [0.1, 0.15) is 10.4 Å². The zero-order chi connectivity index (χ0) is 13.5. The highest BCUT2D eigenvalue weighted by atomic mass is 16.5. The van der Waals surface area contributed by atoms with Crippen LogP contribution in [-0.4, -0.2) is 52.2 Å². The third kappa shape index (κ3) is 3.13. The van der Waals surface area contributed by atoms with Gasteiger partial charge in [0.15, 0.2) is 11.5 Å². The van der Waals surface area contributed by atoms with Crippen LogP contribution in [0, 0.1) is 0 Å². The Morgan fingerprint density at radius 2 is 2.06 bits per heavy atom. The number of para-hydroxylation sites is 1. The fourth-order valence-electron chi connectivity index (χ4n) is 1.64. The molecule has 0 saturated heterocycles. The molecule has 0 radical (unpaired) electrons. The number of ether oxygens (including phenoxy) is 2. The first-order valence-electron chi connectivity index (χ1n) is 5.76. The van der Waals surface area contributed by atoms with E-state index in [1.807, 2.05) is 7.05 Å². The van der Waals surface area contributed by atoms with E-state index in [1.165, 1.54) is 7.11 Å². The normalized spacial score (nSPS) is 10.0. The van der Waals surface area contributed by atoms with Gasteiger partial charge in [-0.1, -0.05) is 6.07 Å². The molecule has 1 aromatic rings. The van der Waals surface area contributed by atoms with Gasteiger partial charge in [-0.05, 0) is 19.2 Å². The van der Waals surface area contributed by atoms with Crippen molar-refractivity contribution in [1.82, 2.24) is 10.2 Å². The molecule has 0 saturated carbocycles. The van der Waals surface area contributed by atoms with E-state index in [1.54, 1.807) is 37.3 Å². The van der Waals surface area contributed by atoms with Crippen molar-refractivity contribution in [2.24, 2.45) is 0 Å². The Hall–Kier alpha value is -1.75. The molecule has 0 spiro atoms. The molecule has 0 aliphatic rings. The Morgan fingerprint density at radius 1 is 1.33 bits per heavy atom. The van der Waals surface area contributed by atoms with Gasteiger partial charge in [0.05, 0.1) is 19.8 Å². The highest BCUT2D eigenvalue weighted by Gasteiger charge is 2.19. The second kappa shape index (κ2) is 6.86. The molecule has 1 N–H and O–H groups in total. The number of methoxy groups -OCH3 is 2. The molecule has 0 unspecified atom stereocenters. The molecule has 5 heteroatoms. The smallest absolute Gasteiger partial charge is 0.257 e. The molecule has 100 valence electrons. The van der Waals surface area contributed by atoms with Crippen LogP contribution in [0.4, 0.5) is 0 Å². The summed E-state index contributed by atoms with van der Waals surface area (Å²) >= 11 is 0. The van der Waals surface area contributed by atoms with E-state index in [2.05, 4.69) is 5.32 Å². The number of nitrogens with one attached hydrogen (secondary N) is 1. The van der Waals surface area contributed by atoms with Gasteiger partial charge in [-0.2, -0.15) is 0 Å². The Balaban J connectivity index is 2.97. The van der Waals surface area contributed by atoms with Crippen molar-refractivity contribution in [1.29, 1.82) is 0 Å². The van der Waals surface area contributed by atoms with Crippen LogP contribution in [0.3, 0.4) is 0 Å². The minimum absolute atomic E-state index is 0.0824. The number of carbonyl (C=O) groups is 1. The predicted molar refractivity (Wildman–Crippen MR) is 70.4 cm³/mol. The standard InChI is InChI=1S/C13H20N2O3/c1-14-8-9-15(2)13(16)10-6-5-7-11(17-3)12(10)18-4/h5-7,14H,8-9H2,1-4H3. The summed E-state index contributed by atoms with van der Waals surface area (Å²) in [5.41, 5.74) is 0.510. The molecule has 0 bridgehead atoms. The predicted octanol–water partition coefficient (Wildman–Crippen LogP) is 0.995. The summed E-state index contributed by atoms with van der Waals surface area (Å²) in [7, 11) is 6.70. The summed E-state index contributed by atoms with van der Waals surface area (Å²) in [6.07, 6.45) is 0. The van der Waals surface area contributed by atoms with Crippen LogP contribution < -0.4 is 14.8 Å². The van der Waals surface area contributed by atoms with Crippen molar-refractivity contribution in [3.8, 4) is 11.5 Å². The van der Waals surface area contributed by atoms with E-state index < -0.39 is 0 Å². The second-order valence-electron chi connectivity index (χ2n) is 3.87. The van der Waals surface area contributed by atoms with Crippen LogP contribution >= 0.6 is 0 Å². The van der Waals surface area contributed by atoms with Crippen molar-refractivity contribution in [2.75, 3.05) is 41.4 Å². The molecule has 1 rings (SSSR count). The molecule has 1 amide bonds. The van der Waals surface area contributed by atoms with Gasteiger partial charge in [-0.25, -0.2) is 0 Å². The van der Waals surface area contributed by atoms with Crippen molar-refractivity contribution in [3.05, 3.63) is 23.8 Å². The third-order valence-corrected chi connectivity index (χ3v) is 2.68. The molecule has 0 fully saturated rings. The zero-order valence-corrected chi connectivity index (χ0v) is 11.3. The van der Waals surface area contributed by atoms with Gasteiger partial charge >= 0.3 is 0 Å². The Kier molecular flexibility index (Phi) is 5.45. The number of nitrogens with zero attached hydrogens (tertiary/aromatic N) is 1. The first kappa shape index (κ1) is 14.3. The maximum Gasteiger partial charge on any atom is 0.257 e. The minimum Gasteiger partial charge on any atom is -0.493 e. The van der Waals surface area contributed by atoms with E-state index in [-0.39, 0.29) is 5.91 Å². The number of rotatable bonds is 6. The number of hydrogen-bond acceptors (Lipinski definition) is 4. The monoisotopic (exact) mass is 252 g/mol. The third-order valence-electron chi connectivity index (χ3n) is 2.68. The maximum atomic E-state index is 12.3. The topological polar surface area (TPSA) is 50.8 Å². The summed E-state index contributed by atoms with van der Waals surface area (Å²) in [5, 5.41) is 3.01. The summed E-state index contributed by atoms with van der Waals surface area (Å²) < 4.78 is 10.4. The average Bonchev–Trinajstić information content (AvgIpc) is 2.42. The molecular weight excluding hydrogens is 232 g/mol. The highest BCUT2D eigenvalue weighted by molar-refractivity contribution is 5.97. The summed E-state index contributed by atoms with van der Waals surface area (Å²) in [5.74, 6) is 0.952. The lowest BCUT2D eigenvalue weighted by molar-refractivity contribution is 0.0793. The molecule has 0 aromatic heterocycles. The lowest BCUT2D eigenvalue weighted by atomic mass is 10.1. The molecule has 5 nitrogen and oxygen atoms in total. The van der Waals surface area contributed by atoms with Gasteiger partial charge in [0.2, 0.25) is 0 Å². The average molecular weight is 252 g/mol. The van der Waals surface area contributed by atoms with Gasteiger partial charge in [0.1, 0.15) is 0 Å². The quantitative estimate of drug-likeness (QED) is 0.820. The van der Waals surface area contributed by atoms with Crippen molar-refractivity contribution in [3.63, 3.8) is 0 Å². The van der Waals surface area contributed by atoms with E-state index in [0.29, 0.717) is 23.6 Å². The van der Waals surface area contributed by atoms with E-state index in [4.69, 9.17) is 9.47 Å². The molecular formula is C13H20N2O3. The molecule has 0 aliphatic heterocycles. The van der Waals surface area contributed by atoms with E-state index >= 15 is 0 Å². The van der Waals surface area contributed by atoms with Crippen LogP contribution in [0.5, 0.6) is 11.5 Å². The molecule has 1 aromatic carbocycles.